The molecule has 0 aromatic carbocycles. The third kappa shape index (κ3) is 4.02. The summed E-state index contributed by atoms with van der Waals surface area (Å²) in [5.41, 5.74) is 0.273. The number of aromatic nitrogens is 3. The van der Waals surface area contributed by atoms with Crippen molar-refractivity contribution in [3.8, 4) is 0 Å². The van der Waals surface area contributed by atoms with E-state index in [9.17, 15) is 13.6 Å². The SMILES string of the molecule is Cc1ccc(CN2CC(F)(F)C[C@H]2Cn2cc(C(=O)N3CCCC3)nn2)o1. The lowest BCUT2D eigenvalue weighted by Gasteiger charge is -2.22. The molecular weight excluding hydrogens is 356 g/mol. The first-order valence-electron chi connectivity index (χ1n) is 9.26. The Morgan fingerprint density at radius 2 is 2.11 bits per heavy atom. The first-order valence-corrected chi connectivity index (χ1v) is 9.26. The Bertz CT molecular complexity index is 812. The van der Waals surface area contributed by atoms with Crippen LogP contribution in [0.1, 0.15) is 41.3 Å². The van der Waals surface area contributed by atoms with Gasteiger partial charge in [0, 0.05) is 25.6 Å². The van der Waals surface area contributed by atoms with Gasteiger partial charge in [-0.15, -0.1) is 5.10 Å². The summed E-state index contributed by atoms with van der Waals surface area (Å²) < 4.78 is 35.1. The average molecular weight is 379 g/mol. The van der Waals surface area contributed by atoms with Crippen LogP contribution in [-0.2, 0) is 13.1 Å². The number of rotatable bonds is 5. The molecule has 2 aliphatic heterocycles. The van der Waals surface area contributed by atoms with Crippen molar-refractivity contribution in [3.63, 3.8) is 0 Å². The molecule has 9 heteroatoms. The molecule has 4 rings (SSSR count). The summed E-state index contributed by atoms with van der Waals surface area (Å²) in [6.45, 7) is 3.56. The summed E-state index contributed by atoms with van der Waals surface area (Å²) in [6, 6.07) is 3.24. The van der Waals surface area contributed by atoms with Crippen molar-refractivity contribution in [2.75, 3.05) is 19.6 Å². The highest BCUT2D eigenvalue weighted by molar-refractivity contribution is 5.92. The first kappa shape index (κ1) is 18.1. The maximum absolute atomic E-state index is 14.0. The molecule has 0 aliphatic carbocycles. The summed E-state index contributed by atoms with van der Waals surface area (Å²) in [5.74, 6) is -1.47. The van der Waals surface area contributed by atoms with E-state index in [2.05, 4.69) is 10.3 Å². The van der Waals surface area contributed by atoms with Crippen LogP contribution in [0.4, 0.5) is 8.78 Å². The zero-order valence-electron chi connectivity index (χ0n) is 15.3. The van der Waals surface area contributed by atoms with Gasteiger partial charge >= 0.3 is 0 Å². The van der Waals surface area contributed by atoms with Gasteiger partial charge in [0.1, 0.15) is 11.5 Å². The number of likely N-dealkylation sites (tertiary alicyclic amines) is 2. The number of hydrogen-bond donors (Lipinski definition) is 0. The number of halogens is 2. The lowest BCUT2D eigenvalue weighted by atomic mass is 10.2. The number of hydrogen-bond acceptors (Lipinski definition) is 5. The lowest BCUT2D eigenvalue weighted by molar-refractivity contribution is 0.0108. The van der Waals surface area contributed by atoms with Crippen LogP contribution in [0.15, 0.2) is 22.7 Å². The molecule has 1 amide bonds. The number of carbonyl (C=O) groups excluding carboxylic acids is 1. The largest absolute Gasteiger partial charge is 0.465 e. The number of alkyl halides is 2. The third-order valence-corrected chi connectivity index (χ3v) is 5.19. The van der Waals surface area contributed by atoms with E-state index in [4.69, 9.17) is 4.42 Å². The summed E-state index contributed by atoms with van der Waals surface area (Å²) in [5, 5.41) is 7.94. The van der Waals surface area contributed by atoms with Crippen LogP contribution >= 0.6 is 0 Å². The minimum atomic E-state index is -2.75. The van der Waals surface area contributed by atoms with Crippen LogP contribution in [0.2, 0.25) is 0 Å². The lowest BCUT2D eigenvalue weighted by Crippen LogP contribution is -2.33. The van der Waals surface area contributed by atoms with E-state index in [0.717, 1.165) is 31.7 Å². The molecule has 2 aromatic rings. The smallest absolute Gasteiger partial charge is 0.276 e. The van der Waals surface area contributed by atoms with Crippen molar-refractivity contribution in [2.24, 2.45) is 0 Å². The molecule has 2 saturated heterocycles. The quantitative estimate of drug-likeness (QED) is 0.798. The Labute approximate surface area is 155 Å². The van der Waals surface area contributed by atoms with E-state index >= 15 is 0 Å². The van der Waals surface area contributed by atoms with Crippen molar-refractivity contribution >= 4 is 5.91 Å². The molecular formula is C18H23F2N5O2. The van der Waals surface area contributed by atoms with Gasteiger partial charge in [0.05, 0.1) is 25.8 Å². The molecule has 0 N–H and O–H groups in total. The second-order valence-electron chi connectivity index (χ2n) is 7.46. The molecule has 0 radical (unpaired) electrons. The van der Waals surface area contributed by atoms with Crippen molar-refractivity contribution in [1.29, 1.82) is 0 Å². The molecule has 2 aliphatic rings. The molecule has 146 valence electrons. The van der Waals surface area contributed by atoms with Gasteiger partial charge in [0.25, 0.3) is 11.8 Å². The van der Waals surface area contributed by atoms with Crippen LogP contribution in [0.25, 0.3) is 0 Å². The van der Waals surface area contributed by atoms with Gasteiger partial charge in [0.15, 0.2) is 5.69 Å². The fraction of sp³-hybridized carbons (Fsp3) is 0.611. The van der Waals surface area contributed by atoms with E-state index in [0.29, 0.717) is 12.3 Å². The molecule has 2 aromatic heterocycles. The van der Waals surface area contributed by atoms with Crippen molar-refractivity contribution < 1.29 is 18.0 Å². The number of nitrogens with zero attached hydrogens (tertiary/aromatic N) is 5. The highest BCUT2D eigenvalue weighted by Crippen LogP contribution is 2.34. The Balaban J connectivity index is 1.44. The number of aryl methyl sites for hydroxylation is 1. The van der Waals surface area contributed by atoms with E-state index in [1.165, 1.54) is 4.68 Å². The number of carbonyl (C=O) groups is 1. The summed E-state index contributed by atoms with van der Waals surface area (Å²) in [4.78, 5) is 15.8. The predicted octanol–water partition coefficient (Wildman–Crippen LogP) is 2.33. The molecule has 27 heavy (non-hydrogen) atoms. The van der Waals surface area contributed by atoms with Crippen molar-refractivity contribution in [1.82, 2.24) is 24.8 Å². The summed E-state index contributed by atoms with van der Waals surface area (Å²) in [6.07, 6.45) is 3.31. The second-order valence-corrected chi connectivity index (χ2v) is 7.46. The van der Waals surface area contributed by atoms with E-state index in [1.54, 1.807) is 16.0 Å². The van der Waals surface area contributed by atoms with Crippen LogP contribution in [0.3, 0.4) is 0 Å². The van der Waals surface area contributed by atoms with Gasteiger partial charge in [0.2, 0.25) is 0 Å². The molecule has 1 atom stereocenters. The molecule has 2 fully saturated rings. The summed E-state index contributed by atoms with van der Waals surface area (Å²) in [7, 11) is 0. The minimum absolute atomic E-state index is 0.140. The van der Waals surface area contributed by atoms with Crippen LogP contribution in [0, 0.1) is 6.92 Å². The third-order valence-electron chi connectivity index (χ3n) is 5.19. The topological polar surface area (TPSA) is 67.4 Å². The monoisotopic (exact) mass is 379 g/mol. The normalized spacial score (nSPS) is 22.6. The van der Waals surface area contributed by atoms with Crippen LogP contribution in [-0.4, -0.2) is 62.3 Å². The fourth-order valence-electron chi connectivity index (χ4n) is 3.88. The minimum Gasteiger partial charge on any atom is -0.465 e. The van der Waals surface area contributed by atoms with E-state index in [-0.39, 0.29) is 31.1 Å². The highest BCUT2D eigenvalue weighted by atomic mass is 19.3. The van der Waals surface area contributed by atoms with Gasteiger partial charge < -0.3 is 9.32 Å². The maximum Gasteiger partial charge on any atom is 0.276 e. The molecule has 0 bridgehead atoms. The van der Waals surface area contributed by atoms with Crippen LogP contribution in [0.5, 0.6) is 0 Å². The van der Waals surface area contributed by atoms with Gasteiger partial charge in [-0.2, -0.15) is 0 Å². The Hall–Kier alpha value is -2.29. The number of amides is 1. The van der Waals surface area contributed by atoms with E-state index in [1.807, 2.05) is 19.1 Å². The number of furan rings is 1. The second kappa shape index (κ2) is 7.03. The highest BCUT2D eigenvalue weighted by Gasteiger charge is 2.45. The standard InChI is InChI=1S/C18H23F2N5O2/c1-13-4-5-15(27-13)10-24-12-18(19,20)8-14(24)9-25-11-16(21-22-25)17(26)23-6-2-3-7-23/h4-5,11,14H,2-3,6-10,12H2,1H3/t14-/m0/s1. The Morgan fingerprint density at radius 3 is 2.81 bits per heavy atom. The molecule has 7 nitrogen and oxygen atoms in total. The van der Waals surface area contributed by atoms with Gasteiger partial charge in [-0.1, -0.05) is 5.21 Å². The molecule has 0 saturated carbocycles. The molecule has 0 spiro atoms. The van der Waals surface area contributed by atoms with Gasteiger partial charge in [-0.25, -0.2) is 8.78 Å². The summed E-state index contributed by atoms with van der Waals surface area (Å²) >= 11 is 0. The predicted molar refractivity (Wildman–Crippen MR) is 92.4 cm³/mol. The van der Waals surface area contributed by atoms with Gasteiger partial charge in [-0.3, -0.25) is 14.4 Å². The molecule has 4 heterocycles. The Kier molecular flexibility index (Phi) is 4.71. The van der Waals surface area contributed by atoms with Crippen molar-refractivity contribution in [2.45, 2.75) is 51.2 Å². The molecule has 0 unspecified atom stereocenters. The Morgan fingerprint density at radius 1 is 1.33 bits per heavy atom. The first-order chi connectivity index (χ1) is 12.9. The zero-order valence-corrected chi connectivity index (χ0v) is 15.3. The van der Waals surface area contributed by atoms with Crippen molar-refractivity contribution in [3.05, 3.63) is 35.5 Å². The maximum atomic E-state index is 14.0. The van der Waals surface area contributed by atoms with Crippen LogP contribution < -0.4 is 0 Å². The van der Waals surface area contributed by atoms with Gasteiger partial charge in [-0.05, 0) is 31.9 Å². The zero-order chi connectivity index (χ0) is 19.0. The van der Waals surface area contributed by atoms with E-state index < -0.39 is 12.0 Å². The fourth-order valence-corrected chi connectivity index (χ4v) is 3.88. The average Bonchev–Trinajstić information content (AvgIpc) is 3.37.